The Balaban J connectivity index is 1.77. The van der Waals surface area contributed by atoms with Gasteiger partial charge in [-0.1, -0.05) is 93.6 Å². The van der Waals surface area contributed by atoms with Crippen molar-refractivity contribution < 1.29 is 26.9 Å². The summed E-state index contributed by atoms with van der Waals surface area (Å²) in [4.78, 5) is 13.0. The predicted octanol–water partition coefficient (Wildman–Crippen LogP) is 7.01. The van der Waals surface area contributed by atoms with Gasteiger partial charge in [-0.3, -0.25) is 4.18 Å². The highest BCUT2D eigenvalue weighted by atomic mass is 32.2. The molecule has 0 saturated carbocycles. The summed E-state index contributed by atoms with van der Waals surface area (Å²) >= 11 is 1.69. The number of alkyl carbamates (subject to hydrolysis) is 1. The molecule has 0 radical (unpaired) electrons. The first-order valence-electron chi connectivity index (χ1n) is 14.2. The molecule has 0 aliphatic rings. The first kappa shape index (κ1) is 33.5. The van der Waals surface area contributed by atoms with Crippen molar-refractivity contribution >= 4 is 28.0 Å². The number of ether oxygens (including phenoxy) is 2. The molecule has 0 spiro atoms. The molecule has 7 nitrogen and oxygen atoms in total. The van der Waals surface area contributed by atoms with Crippen molar-refractivity contribution in [3.63, 3.8) is 0 Å². The smallest absolute Gasteiger partial charge is 0.407 e. The molecule has 0 unspecified atom stereocenters. The van der Waals surface area contributed by atoms with Gasteiger partial charge in [0.25, 0.3) is 10.1 Å². The van der Waals surface area contributed by atoms with E-state index in [1.54, 1.807) is 18.9 Å². The largest absolute Gasteiger partial charge is 0.497 e. The van der Waals surface area contributed by atoms with E-state index in [1.807, 2.05) is 93.6 Å². The average molecular weight is 614 g/mol. The van der Waals surface area contributed by atoms with Gasteiger partial charge in [0.05, 0.1) is 19.5 Å². The van der Waals surface area contributed by atoms with Crippen molar-refractivity contribution in [2.24, 2.45) is 5.41 Å². The van der Waals surface area contributed by atoms with Crippen LogP contribution in [0.25, 0.3) is 0 Å². The van der Waals surface area contributed by atoms with Crippen LogP contribution in [0.2, 0.25) is 0 Å². The Kier molecular flexibility index (Phi) is 13.2. The fourth-order valence-electron chi connectivity index (χ4n) is 4.14. The second-order valence-electron chi connectivity index (χ2n) is 11.4. The number of benzene rings is 3. The highest BCUT2D eigenvalue weighted by molar-refractivity contribution is 7.99. The summed E-state index contributed by atoms with van der Waals surface area (Å²) in [6.45, 7) is 5.98. The standard InChI is InChI=1S/C33H43NO6S2/c1-33(2,3)25-40-42(36,37)22-21-30(34-32(35)39-23-27-13-9-6-10-14-27)31(20-17-26-11-7-5-8-12-26)41-24-28-15-18-29(38-4)19-16-28/h5-16,18-19,30-31H,17,20-25H2,1-4H3,(H,34,35)/t30-,31-/m0/s1. The van der Waals surface area contributed by atoms with Crippen LogP contribution in [0.3, 0.4) is 0 Å². The SMILES string of the molecule is COc1ccc(CS[C@@H](CCc2ccccc2)[C@H](CCS(=O)(=O)OCC(C)(C)C)NC(=O)OCc2ccccc2)cc1. The van der Waals surface area contributed by atoms with Gasteiger partial charge in [-0.2, -0.15) is 20.2 Å². The molecule has 228 valence electrons. The molecule has 0 aliphatic carbocycles. The molecule has 0 saturated heterocycles. The average Bonchev–Trinajstić information content (AvgIpc) is 2.98. The molecule has 0 bridgehead atoms. The zero-order valence-electron chi connectivity index (χ0n) is 25.0. The molecular weight excluding hydrogens is 570 g/mol. The van der Waals surface area contributed by atoms with Gasteiger partial charge >= 0.3 is 6.09 Å². The van der Waals surface area contributed by atoms with E-state index in [2.05, 4.69) is 17.4 Å². The van der Waals surface area contributed by atoms with Crippen molar-refractivity contribution in [3.8, 4) is 5.75 Å². The number of rotatable bonds is 16. The lowest BCUT2D eigenvalue weighted by atomic mass is 9.99. The second-order valence-corrected chi connectivity index (χ2v) is 14.4. The van der Waals surface area contributed by atoms with Crippen LogP contribution in [0.5, 0.6) is 5.75 Å². The van der Waals surface area contributed by atoms with Crippen LogP contribution in [0, 0.1) is 5.41 Å². The van der Waals surface area contributed by atoms with Gasteiger partial charge in [0.15, 0.2) is 0 Å². The number of methoxy groups -OCH3 is 1. The van der Waals surface area contributed by atoms with E-state index in [9.17, 15) is 13.2 Å². The lowest BCUT2D eigenvalue weighted by Gasteiger charge is -2.28. The summed E-state index contributed by atoms with van der Waals surface area (Å²) in [6, 6.07) is 27.0. The summed E-state index contributed by atoms with van der Waals surface area (Å²) in [5.41, 5.74) is 2.87. The maximum atomic E-state index is 13.0. The summed E-state index contributed by atoms with van der Waals surface area (Å²) in [6.07, 6.45) is 1.14. The molecule has 9 heteroatoms. The topological polar surface area (TPSA) is 90.9 Å². The Hall–Kier alpha value is -3.01. The Morgan fingerprint density at radius 3 is 2.07 bits per heavy atom. The number of hydrogen-bond donors (Lipinski definition) is 1. The summed E-state index contributed by atoms with van der Waals surface area (Å²) in [7, 11) is -2.16. The second kappa shape index (κ2) is 16.6. The first-order valence-corrected chi connectivity index (χ1v) is 16.8. The number of aryl methyl sites for hydroxylation is 1. The number of hydrogen-bond acceptors (Lipinski definition) is 7. The van der Waals surface area contributed by atoms with Crippen LogP contribution >= 0.6 is 11.8 Å². The molecule has 0 aliphatic heterocycles. The number of nitrogens with one attached hydrogen (secondary N) is 1. The van der Waals surface area contributed by atoms with Crippen molar-refractivity contribution in [3.05, 3.63) is 102 Å². The van der Waals surface area contributed by atoms with E-state index in [-0.39, 0.29) is 36.1 Å². The number of carbonyl (C=O) groups excluding carboxylic acids is 1. The quantitative estimate of drug-likeness (QED) is 0.174. The van der Waals surface area contributed by atoms with Crippen molar-refractivity contribution in [1.82, 2.24) is 5.32 Å². The maximum Gasteiger partial charge on any atom is 0.407 e. The lowest BCUT2D eigenvalue weighted by molar-refractivity contribution is 0.135. The molecule has 3 aromatic rings. The fraction of sp³-hybridized carbons (Fsp3) is 0.424. The van der Waals surface area contributed by atoms with Crippen LogP contribution in [0.1, 0.15) is 50.3 Å². The zero-order valence-corrected chi connectivity index (χ0v) is 26.6. The minimum absolute atomic E-state index is 0.0885. The zero-order chi connectivity index (χ0) is 30.4. The molecule has 42 heavy (non-hydrogen) atoms. The molecule has 3 rings (SSSR count). The molecule has 3 aromatic carbocycles. The molecule has 0 heterocycles. The Morgan fingerprint density at radius 1 is 0.857 bits per heavy atom. The molecular formula is C33H43NO6S2. The summed E-state index contributed by atoms with van der Waals surface area (Å²) < 4.78 is 41.8. The van der Waals surface area contributed by atoms with E-state index in [0.717, 1.165) is 29.7 Å². The summed E-state index contributed by atoms with van der Waals surface area (Å²) in [5, 5.41) is 2.91. The van der Waals surface area contributed by atoms with E-state index < -0.39 is 22.3 Å². The third-order valence-corrected chi connectivity index (χ3v) is 9.20. The normalized spacial score (nSPS) is 13.2. The highest BCUT2D eigenvalue weighted by Crippen LogP contribution is 2.28. The van der Waals surface area contributed by atoms with Crippen LogP contribution in [-0.2, 0) is 37.8 Å². The van der Waals surface area contributed by atoms with Crippen LogP contribution < -0.4 is 10.1 Å². The van der Waals surface area contributed by atoms with Crippen LogP contribution in [-0.4, -0.2) is 45.3 Å². The van der Waals surface area contributed by atoms with Gasteiger partial charge < -0.3 is 14.8 Å². The van der Waals surface area contributed by atoms with Gasteiger partial charge in [0, 0.05) is 17.0 Å². The monoisotopic (exact) mass is 613 g/mol. The minimum atomic E-state index is -3.79. The van der Waals surface area contributed by atoms with Crippen LogP contribution in [0.4, 0.5) is 4.79 Å². The predicted molar refractivity (Wildman–Crippen MR) is 170 cm³/mol. The van der Waals surface area contributed by atoms with Crippen molar-refractivity contribution in [2.75, 3.05) is 19.5 Å². The van der Waals surface area contributed by atoms with Gasteiger partial charge in [-0.15, -0.1) is 0 Å². The van der Waals surface area contributed by atoms with Gasteiger partial charge in [0.1, 0.15) is 12.4 Å². The third-order valence-electron chi connectivity index (χ3n) is 6.50. The highest BCUT2D eigenvalue weighted by Gasteiger charge is 2.28. The fourth-order valence-corrected chi connectivity index (χ4v) is 6.66. The molecule has 0 fully saturated rings. The molecule has 2 atom stereocenters. The number of carbonyl (C=O) groups is 1. The Labute approximate surface area is 255 Å². The Morgan fingerprint density at radius 2 is 1.48 bits per heavy atom. The molecule has 0 aromatic heterocycles. The van der Waals surface area contributed by atoms with E-state index in [0.29, 0.717) is 5.75 Å². The molecule has 1 amide bonds. The third kappa shape index (κ3) is 12.9. The summed E-state index contributed by atoms with van der Waals surface area (Å²) in [5.74, 6) is 1.26. The van der Waals surface area contributed by atoms with E-state index in [4.69, 9.17) is 13.7 Å². The number of amides is 1. The van der Waals surface area contributed by atoms with Gasteiger partial charge in [0.2, 0.25) is 0 Å². The van der Waals surface area contributed by atoms with Crippen molar-refractivity contribution in [2.45, 2.75) is 63.7 Å². The number of thioether (sulfide) groups is 1. The Bertz CT molecular complexity index is 1310. The first-order chi connectivity index (χ1) is 20.0. The minimum Gasteiger partial charge on any atom is -0.497 e. The van der Waals surface area contributed by atoms with E-state index >= 15 is 0 Å². The van der Waals surface area contributed by atoms with Gasteiger partial charge in [-0.25, -0.2) is 4.79 Å². The maximum absolute atomic E-state index is 13.0. The lowest BCUT2D eigenvalue weighted by Crippen LogP contribution is -2.43. The van der Waals surface area contributed by atoms with Gasteiger partial charge in [-0.05, 0) is 53.5 Å². The van der Waals surface area contributed by atoms with Crippen molar-refractivity contribution in [1.29, 1.82) is 0 Å². The van der Waals surface area contributed by atoms with E-state index in [1.165, 1.54) is 5.56 Å². The van der Waals surface area contributed by atoms with Crippen LogP contribution in [0.15, 0.2) is 84.9 Å². The molecule has 1 N–H and O–H groups in total.